The Kier molecular flexibility index (Phi) is 6.38. The van der Waals surface area contributed by atoms with Gasteiger partial charge in [0.1, 0.15) is 24.7 Å². The van der Waals surface area contributed by atoms with E-state index in [4.69, 9.17) is 18.9 Å². The molecule has 0 unspecified atom stereocenters. The first-order valence-electron chi connectivity index (χ1n) is 12.4. The minimum atomic E-state index is -0.226. The molecule has 6 rings (SSSR count). The third-order valence-electron chi connectivity index (χ3n) is 7.04. The van der Waals surface area contributed by atoms with Crippen molar-refractivity contribution in [1.29, 1.82) is 0 Å². The number of rotatable bonds is 8. The molecule has 1 aliphatic carbocycles. The van der Waals surface area contributed by atoms with Gasteiger partial charge in [-0.25, -0.2) is 0 Å². The molecule has 0 bridgehead atoms. The summed E-state index contributed by atoms with van der Waals surface area (Å²) in [5.41, 5.74) is 1.62. The molecule has 8 nitrogen and oxygen atoms in total. The van der Waals surface area contributed by atoms with E-state index < -0.39 is 0 Å². The van der Waals surface area contributed by atoms with Crippen LogP contribution in [0.3, 0.4) is 0 Å². The minimum absolute atomic E-state index is 0.0348. The lowest BCUT2D eigenvalue weighted by molar-refractivity contribution is -0.135. The zero-order valence-corrected chi connectivity index (χ0v) is 21.4. The molecule has 0 radical (unpaired) electrons. The van der Waals surface area contributed by atoms with Crippen molar-refractivity contribution in [3.8, 4) is 23.0 Å². The van der Waals surface area contributed by atoms with Crippen molar-refractivity contribution in [3.63, 3.8) is 0 Å². The summed E-state index contributed by atoms with van der Waals surface area (Å²) in [4.78, 5) is 32.1. The van der Waals surface area contributed by atoms with Crippen molar-refractivity contribution in [1.82, 2.24) is 9.80 Å². The summed E-state index contributed by atoms with van der Waals surface area (Å²) in [6.45, 7) is 1.10. The zero-order valence-electron chi connectivity index (χ0n) is 20.6. The van der Waals surface area contributed by atoms with E-state index in [0.29, 0.717) is 41.7 Å². The molecule has 192 valence electrons. The molecule has 1 atom stereocenters. The molecule has 3 aromatic rings. The monoisotopic (exact) mass is 520 g/mol. The van der Waals surface area contributed by atoms with Crippen LogP contribution in [0.2, 0.25) is 0 Å². The highest BCUT2D eigenvalue weighted by atomic mass is 32.1. The van der Waals surface area contributed by atoms with Gasteiger partial charge in [0.25, 0.3) is 5.91 Å². The van der Waals surface area contributed by atoms with Gasteiger partial charge in [-0.3, -0.25) is 9.59 Å². The predicted octanol–water partition coefficient (Wildman–Crippen LogP) is 4.30. The molecule has 2 aromatic carbocycles. The number of thiophene rings is 1. The average molecular weight is 521 g/mol. The Bertz CT molecular complexity index is 1320. The summed E-state index contributed by atoms with van der Waals surface area (Å²) >= 11 is 1.71. The van der Waals surface area contributed by atoms with Gasteiger partial charge in [0.05, 0.1) is 13.2 Å². The Balaban J connectivity index is 1.20. The van der Waals surface area contributed by atoms with E-state index in [-0.39, 0.29) is 37.2 Å². The van der Waals surface area contributed by atoms with Crippen molar-refractivity contribution < 1.29 is 28.5 Å². The first-order chi connectivity index (χ1) is 18.1. The van der Waals surface area contributed by atoms with Gasteiger partial charge in [-0.2, -0.15) is 0 Å². The molecule has 3 heterocycles. The van der Waals surface area contributed by atoms with Gasteiger partial charge >= 0.3 is 0 Å². The van der Waals surface area contributed by atoms with Crippen molar-refractivity contribution in [2.24, 2.45) is 0 Å². The molecule has 3 aliphatic rings. The molecule has 0 spiro atoms. The van der Waals surface area contributed by atoms with E-state index in [1.165, 1.54) is 4.88 Å². The predicted molar refractivity (Wildman–Crippen MR) is 138 cm³/mol. The van der Waals surface area contributed by atoms with Gasteiger partial charge < -0.3 is 28.7 Å². The van der Waals surface area contributed by atoms with E-state index in [1.54, 1.807) is 41.5 Å². The maximum atomic E-state index is 13.7. The Morgan fingerprint density at radius 1 is 1.08 bits per heavy atom. The van der Waals surface area contributed by atoms with Gasteiger partial charge in [-0.1, -0.05) is 6.07 Å². The molecule has 1 saturated carbocycles. The molecule has 2 amide bonds. The van der Waals surface area contributed by atoms with Gasteiger partial charge in [0.15, 0.2) is 11.5 Å². The van der Waals surface area contributed by atoms with Crippen molar-refractivity contribution in [2.45, 2.75) is 31.3 Å². The van der Waals surface area contributed by atoms with Crippen LogP contribution in [-0.4, -0.2) is 61.3 Å². The second-order valence-corrected chi connectivity index (χ2v) is 10.4. The molecule has 0 N–H and O–H groups in total. The number of fused-ring (bicyclic) bond motifs is 2. The first kappa shape index (κ1) is 23.7. The minimum Gasteiger partial charge on any atom is -0.497 e. The smallest absolute Gasteiger partial charge is 0.254 e. The maximum Gasteiger partial charge on any atom is 0.254 e. The van der Waals surface area contributed by atoms with Crippen LogP contribution in [0, 0.1) is 0 Å². The lowest BCUT2D eigenvalue weighted by Gasteiger charge is -2.37. The van der Waals surface area contributed by atoms with Crippen molar-refractivity contribution >= 4 is 23.2 Å². The fourth-order valence-corrected chi connectivity index (χ4v) is 5.85. The quantitative estimate of drug-likeness (QED) is 0.441. The van der Waals surface area contributed by atoms with E-state index in [9.17, 15) is 9.59 Å². The number of methoxy groups -OCH3 is 1. The lowest BCUT2D eigenvalue weighted by Crippen LogP contribution is -2.48. The van der Waals surface area contributed by atoms with Crippen LogP contribution in [-0.2, 0) is 11.2 Å². The lowest BCUT2D eigenvalue weighted by atomic mass is 10.0. The van der Waals surface area contributed by atoms with Crippen LogP contribution in [0.1, 0.15) is 39.7 Å². The van der Waals surface area contributed by atoms with Gasteiger partial charge in [-0.15, -0.1) is 11.3 Å². The highest BCUT2D eigenvalue weighted by Crippen LogP contribution is 2.37. The molecule has 37 heavy (non-hydrogen) atoms. The molecule has 1 aromatic heterocycles. The number of nitrogens with zero attached hydrogens (tertiary/aromatic N) is 2. The zero-order chi connectivity index (χ0) is 25.4. The summed E-state index contributed by atoms with van der Waals surface area (Å²) in [5.74, 6) is 2.36. The van der Waals surface area contributed by atoms with Crippen molar-refractivity contribution in [2.75, 3.05) is 33.6 Å². The average Bonchev–Trinajstić information content (AvgIpc) is 3.45. The maximum absolute atomic E-state index is 13.7. The van der Waals surface area contributed by atoms with Crippen LogP contribution < -0.4 is 18.9 Å². The fourth-order valence-electron chi connectivity index (χ4n) is 4.93. The number of carbonyl (C=O) groups excluding carboxylic acids is 2. The third-order valence-corrected chi connectivity index (χ3v) is 8.03. The number of carbonyl (C=O) groups is 2. The van der Waals surface area contributed by atoms with E-state index in [0.717, 1.165) is 24.8 Å². The Labute approximate surface area is 219 Å². The number of amides is 2. The summed E-state index contributed by atoms with van der Waals surface area (Å²) < 4.78 is 22.3. The molecule has 1 fully saturated rings. The van der Waals surface area contributed by atoms with Crippen LogP contribution in [0.25, 0.3) is 0 Å². The van der Waals surface area contributed by atoms with Gasteiger partial charge in [0, 0.05) is 29.1 Å². The Morgan fingerprint density at radius 2 is 1.92 bits per heavy atom. The van der Waals surface area contributed by atoms with E-state index in [2.05, 4.69) is 11.4 Å². The molecular weight excluding hydrogens is 492 g/mol. The number of ether oxygens (including phenoxy) is 4. The highest BCUT2D eigenvalue weighted by molar-refractivity contribution is 7.10. The standard InChI is InChI=1S/C28H28N2O6S/c1-33-20-3-2-4-21(14-20)34-16-23-22-10-12-37-26(22)9-11-29(23)27(31)15-30(19-6-7-19)28(32)18-5-8-24-25(13-18)36-17-35-24/h2-5,8,10,12-14,19,23H,6-7,9,11,15-17H2,1H3/t23-/m1/s1. The number of benzene rings is 2. The summed E-state index contributed by atoms with van der Waals surface area (Å²) in [7, 11) is 1.62. The normalized spacial score (nSPS) is 17.8. The summed E-state index contributed by atoms with van der Waals surface area (Å²) in [6, 6.07) is 14.6. The summed E-state index contributed by atoms with van der Waals surface area (Å²) in [5, 5.41) is 2.07. The number of hydrogen-bond acceptors (Lipinski definition) is 7. The molecule has 9 heteroatoms. The Hall–Kier alpha value is -3.72. The van der Waals surface area contributed by atoms with E-state index >= 15 is 0 Å². The molecular formula is C28H28N2O6S. The van der Waals surface area contributed by atoms with Crippen molar-refractivity contribution in [3.05, 3.63) is 69.9 Å². The molecule has 0 saturated heterocycles. The number of hydrogen-bond donors (Lipinski definition) is 0. The fraction of sp³-hybridized carbons (Fsp3) is 0.357. The second kappa shape index (κ2) is 9.97. The highest BCUT2D eigenvalue weighted by Gasteiger charge is 2.38. The SMILES string of the molecule is COc1cccc(OC[C@@H]2c3ccsc3CCN2C(=O)CN(C(=O)c2ccc3c(c2)OCO3)C2CC2)c1. The Morgan fingerprint density at radius 3 is 2.76 bits per heavy atom. The summed E-state index contributed by atoms with van der Waals surface area (Å²) in [6.07, 6.45) is 2.61. The first-order valence-corrected chi connectivity index (χ1v) is 13.3. The topological polar surface area (TPSA) is 77.5 Å². The largest absolute Gasteiger partial charge is 0.497 e. The van der Waals surface area contributed by atoms with Crippen LogP contribution >= 0.6 is 11.3 Å². The second-order valence-electron chi connectivity index (χ2n) is 9.37. The van der Waals surface area contributed by atoms with E-state index in [1.807, 2.05) is 29.2 Å². The van der Waals surface area contributed by atoms with Gasteiger partial charge in [0.2, 0.25) is 12.7 Å². The third kappa shape index (κ3) is 4.83. The van der Waals surface area contributed by atoms with Crippen LogP contribution in [0.15, 0.2) is 53.9 Å². The van der Waals surface area contributed by atoms with Crippen LogP contribution in [0.4, 0.5) is 0 Å². The van der Waals surface area contributed by atoms with Gasteiger partial charge in [-0.05, 0) is 66.6 Å². The molecule has 2 aliphatic heterocycles. The van der Waals surface area contributed by atoms with Crippen LogP contribution in [0.5, 0.6) is 23.0 Å².